The Bertz CT molecular complexity index is 534. The maximum atomic E-state index is 5.29. The second-order valence-corrected chi connectivity index (χ2v) is 4.47. The van der Waals surface area contributed by atoms with Crippen LogP contribution >= 0.6 is 0 Å². The van der Waals surface area contributed by atoms with Crippen LogP contribution in [0.25, 0.3) is 0 Å². The number of ether oxygens (including phenoxy) is 1. The topological polar surface area (TPSA) is 39.1 Å². The van der Waals surface area contributed by atoms with Gasteiger partial charge in [0, 0.05) is 31.9 Å². The fourth-order valence-corrected chi connectivity index (χ4v) is 2.22. The van der Waals surface area contributed by atoms with Gasteiger partial charge in [-0.15, -0.1) is 0 Å². The third-order valence-corrected chi connectivity index (χ3v) is 3.27. The SMILES string of the molecule is CCn1ccnc1Cc1ccc(OC)cc1CNC. The summed E-state index contributed by atoms with van der Waals surface area (Å²) in [5.41, 5.74) is 2.54. The summed E-state index contributed by atoms with van der Waals surface area (Å²) >= 11 is 0. The Hall–Kier alpha value is -1.81. The molecule has 0 fully saturated rings. The molecule has 4 heteroatoms. The predicted molar refractivity (Wildman–Crippen MR) is 76.5 cm³/mol. The van der Waals surface area contributed by atoms with Crippen molar-refractivity contribution in [3.63, 3.8) is 0 Å². The highest BCUT2D eigenvalue weighted by molar-refractivity contribution is 5.37. The van der Waals surface area contributed by atoms with Crippen molar-refractivity contribution >= 4 is 0 Å². The lowest BCUT2D eigenvalue weighted by molar-refractivity contribution is 0.414. The lowest BCUT2D eigenvalue weighted by atomic mass is 10.0. The Morgan fingerprint density at radius 1 is 1.32 bits per heavy atom. The molecule has 0 atom stereocenters. The number of imidazole rings is 1. The van der Waals surface area contributed by atoms with E-state index in [-0.39, 0.29) is 0 Å². The van der Waals surface area contributed by atoms with Gasteiger partial charge in [-0.1, -0.05) is 6.07 Å². The van der Waals surface area contributed by atoms with Crippen molar-refractivity contribution in [2.75, 3.05) is 14.2 Å². The molecule has 0 saturated carbocycles. The van der Waals surface area contributed by atoms with E-state index in [1.165, 1.54) is 11.1 Å². The molecule has 1 aromatic heterocycles. The van der Waals surface area contributed by atoms with Crippen molar-refractivity contribution in [1.29, 1.82) is 0 Å². The number of nitrogens with zero attached hydrogens (tertiary/aromatic N) is 2. The fourth-order valence-electron chi connectivity index (χ4n) is 2.22. The molecule has 2 rings (SSSR count). The molecule has 2 aromatic rings. The minimum absolute atomic E-state index is 0.833. The lowest BCUT2D eigenvalue weighted by Crippen LogP contribution is -2.10. The summed E-state index contributed by atoms with van der Waals surface area (Å²) in [7, 11) is 3.65. The highest BCUT2D eigenvalue weighted by atomic mass is 16.5. The maximum absolute atomic E-state index is 5.29. The van der Waals surface area contributed by atoms with E-state index in [4.69, 9.17) is 4.74 Å². The zero-order chi connectivity index (χ0) is 13.7. The standard InChI is InChI=1S/C15H21N3O/c1-4-18-8-7-17-15(18)10-12-5-6-14(19-3)9-13(12)11-16-2/h5-9,16H,4,10-11H2,1-3H3. The van der Waals surface area contributed by atoms with E-state index < -0.39 is 0 Å². The van der Waals surface area contributed by atoms with E-state index in [2.05, 4.69) is 33.9 Å². The van der Waals surface area contributed by atoms with Crippen LogP contribution < -0.4 is 10.1 Å². The van der Waals surface area contributed by atoms with E-state index in [9.17, 15) is 0 Å². The molecular formula is C15H21N3O. The van der Waals surface area contributed by atoms with Gasteiger partial charge >= 0.3 is 0 Å². The van der Waals surface area contributed by atoms with Gasteiger partial charge in [-0.25, -0.2) is 4.98 Å². The van der Waals surface area contributed by atoms with Crippen LogP contribution in [0.3, 0.4) is 0 Å². The maximum Gasteiger partial charge on any atom is 0.119 e. The normalized spacial score (nSPS) is 10.7. The number of hydrogen-bond acceptors (Lipinski definition) is 3. The van der Waals surface area contributed by atoms with Crippen molar-refractivity contribution < 1.29 is 4.74 Å². The summed E-state index contributed by atoms with van der Waals surface area (Å²) in [4.78, 5) is 4.44. The molecule has 4 nitrogen and oxygen atoms in total. The first kappa shape index (κ1) is 13.6. The first-order valence-corrected chi connectivity index (χ1v) is 6.58. The third-order valence-electron chi connectivity index (χ3n) is 3.27. The summed E-state index contributed by atoms with van der Waals surface area (Å²) in [6.45, 7) is 3.92. The Kier molecular flexibility index (Phi) is 4.58. The zero-order valence-electron chi connectivity index (χ0n) is 11.8. The van der Waals surface area contributed by atoms with Crippen LogP contribution in [0.15, 0.2) is 30.6 Å². The monoisotopic (exact) mass is 259 g/mol. The van der Waals surface area contributed by atoms with E-state index in [1.807, 2.05) is 25.5 Å². The Labute approximate surface area is 114 Å². The number of nitrogens with one attached hydrogen (secondary N) is 1. The van der Waals surface area contributed by atoms with E-state index in [0.717, 1.165) is 31.1 Å². The quantitative estimate of drug-likeness (QED) is 0.864. The highest BCUT2D eigenvalue weighted by Gasteiger charge is 2.08. The molecule has 0 radical (unpaired) electrons. The molecule has 1 aromatic carbocycles. The molecule has 0 amide bonds. The van der Waals surface area contributed by atoms with Crippen molar-refractivity contribution in [3.05, 3.63) is 47.5 Å². The van der Waals surface area contributed by atoms with E-state index >= 15 is 0 Å². The van der Waals surface area contributed by atoms with Gasteiger partial charge in [0.15, 0.2) is 0 Å². The first-order valence-electron chi connectivity index (χ1n) is 6.58. The second-order valence-electron chi connectivity index (χ2n) is 4.47. The second kappa shape index (κ2) is 6.38. The van der Waals surface area contributed by atoms with Gasteiger partial charge in [-0.3, -0.25) is 0 Å². The highest BCUT2D eigenvalue weighted by Crippen LogP contribution is 2.20. The molecule has 102 valence electrons. The molecule has 1 heterocycles. The summed E-state index contributed by atoms with van der Waals surface area (Å²) < 4.78 is 7.46. The Balaban J connectivity index is 2.28. The zero-order valence-corrected chi connectivity index (χ0v) is 11.8. The number of methoxy groups -OCH3 is 1. The summed E-state index contributed by atoms with van der Waals surface area (Å²) in [5, 5.41) is 3.20. The number of benzene rings is 1. The minimum atomic E-state index is 0.833. The van der Waals surface area contributed by atoms with Crippen molar-refractivity contribution in [2.24, 2.45) is 0 Å². The average molecular weight is 259 g/mol. The van der Waals surface area contributed by atoms with Crippen LogP contribution in [0, 0.1) is 0 Å². The van der Waals surface area contributed by atoms with Crippen molar-refractivity contribution in [2.45, 2.75) is 26.4 Å². The van der Waals surface area contributed by atoms with Crippen LogP contribution in [0.4, 0.5) is 0 Å². The predicted octanol–water partition coefficient (Wildman–Crippen LogP) is 2.22. The van der Waals surface area contributed by atoms with Gasteiger partial charge in [0.05, 0.1) is 7.11 Å². The smallest absolute Gasteiger partial charge is 0.119 e. The number of aromatic nitrogens is 2. The molecule has 0 saturated heterocycles. The van der Waals surface area contributed by atoms with Crippen molar-refractivity contribution in [1.82, 2.24) is 14.9 Å². The van der Waals surface area contributed by atoms with E-state index in [0.29, 0.717) is 0 Å². The lowest BCUT2D eigenvalue weighted by Gasteiger charge is -2.12. The van der Waals surface area contributed by atoms with Crippen LogP contribution in [-0.2, 0) is 19.5 Å². The minimum Gasteiger partial charge on any atom is -0.497 e. The molecule has 19 heavy (non-hydrogen) atoms. The van der Waals surface area contributed by atoms with Gasteiger partial charge in [-0.2, -0.15) is 0 Å². The molecule has 0 spiro atoms. The number of hydrogen-bond donors (Lipinski definition) is 1. The molecule has 0 aliphatic heterocycles. The fraction of sp³-hybridized carbons (Fsp3) is 0.400. The molecule has 0 aliphatic carbocycles. The summed E-state index contributed by atoms with van der Waals surface area (Å²) in [5.74, 6) is 2.00. The molecule has 1 N–H and O–H groups in total. The molecular weight excluding hydrogens is 238 g/mol. The van der Waals surface area contributed by atoms with Gasteiger partial charge in [0.2, 0.25) is 0 Å². The number of rotatable bonds is 6. The largest absolute Gasteiger partial charge is 0.497 e. The van der Waals surface area contributed by atoms with Crippen LogP contribution in [0.2, 0.25) is 0 Å². The van der Waals surface area contributed by atoms with Gasteiger partial charge in [-0.05, 0) is 37.2 Å². The Morgan fingerprint density at radius 3 is 2.84 bits per heavy atom. The average Bonchev–Trinajstić information content (AvgIpc) is 2.88. The molecule has 0 bridgehead atoms. The third kappa shape index (κ3) is 3.15. The van der Waals surface area contributed by atoms with Crippen LogP contribution in [0.1, 0.15) is 23.9 Å². The van der Waals surface area contributed by atoms with E-state index in [1.54, 1.807) is 7.11 Å². The van der Waals surface area contributed by atoms with Gasteiger partial charge in [0.1, 0.15) is 11.6 Å². The van der Waals surface area contributed by atoms with Crippen LogP contribution in [-0.4, -0.2) is 23.7 Å². The van der Waals surface area contributed by atoms with Gasteiger partial charge in [0.25, 0.3) is 0 Å². The summed E-state index contributed by atoms with van der Waals surface area (Å²) in [6, 6.07) is 6.22. The molecule has 0 aliphatic rings. The number of aryl methyl sites for hydroxylation is 1. The first-order chi connectivity index (χ1) is 9.28. The Morgan fingerprint density at radius 2 is 2.16 bits per heavy atom. The van der Waals surface area contributed by atoms with Crippen molar-refractivity contribution in [3.8, 4) is 5.75 Å². The van der Waals surface area contributed by atoms with Crippen LogP contribution in [0.5, 0.6) is 5.75 Å². The van der Waals surface area contributed by atoms with Gasteiger partial charge < -0.3 is 14.6 Å². The molecule has 0 unspecified atom stereocenters. The summed E-state index contributed by atoms with van der Waals surface area (Å²) in [6.07, 6.45) is 4.73.